The smallest absolute Gasteiger partial charge is 0.411 e. The van der Waals surface area contributed by atoms with Gasteiger partial charge in [0.1, 0.15) is 6.07 Å². The molecule has 0 saturated heterocycles. The summed E-state index contributed by atoms with van der Waals surface area (Å²) < 4.78 is 4.62. The second-order valence-corrected chi connectivity index (χ2v) is 2.94. The first-order valence-corrected chi connectivity index (χ1v) is 4.70. The molecule has 0 aliphatic heterocycles. The van der Waals surface area contributed by atoms with Gasteiger partial charge in [0.25, 0.3) is 5.69 Å². The minimum Gasteiger partial charge on any atom is -0.450 e. The molecule has 0 spiro atoms. The van der Waals surface area contributed by atoms with Crippen LogP contribution in [0.25, 0.3) is 0 Å². The van der Waals surface area contributed by atoms with E-state index in [4.69, 9.17) is 5.26 Å². The van der Waals surface area contributed by atoms with E-state index in [2.05, 4.69) is 10.1 Å². The number of ether oxygens (including phenoxy) is 1. The number of nitrogens with zero attached hydrogens (tertiary/aromatic N) is 2. The lowest BCUT2D eigenvalue weighted by Crippen LogP contribution is -2.14. The zero-order valence-corrected chi connectivity index (χ0v) is 8.97. The van der Waals surface area contributed by atoms with Crippen molar-refractivity contribution in [2.24, 2.45) is 0 Å². The van der Waals surface area contributed by atoms with Crippen molar-refractivity contribution in [2.45, 2.75) is 6.92 Å². The number of nitro benzene ring substituents is 1. The van der Waals surface area contributed by atoms with Crippen LogP contribution in [0.4, 0.5) is 16.2 Å². The molecular formula is C10H9N3O4. The molecule has 0 aliphatic rings. The highest BCUT2D eigenvalue weighted by molar-refractivity contribution is 5.87. The number of benzene rings is 1. The molecule has 0 aliphatic carbocycles. The Bertz CT molecular complexity index is 493. The fourth-order valence-electron chi connectivity index (χ4n) is 1.12. The second-order valence-electron chi connectivity index (χ2n) is 2.94. The lowest BCUT2D eigenvalue weighted by molar-refractivity contribution is -0.384. The average Bonchev–Trinajstić information content (AvgIpc) is 2.29. The Hall–Kier alpha value is -2.62. The lowest BCUT2D eigenvalue weighted by Gasteiger charge is -2.06. The number of rotatable bonds is 3. The molecule has 1 aromatic rings. The molecule has 1 aromatic carbocycles. The zero-order valence-electron chi connectivity index (χ0n) is 8.97. The maximum absolute atomic E-state index is 11.1. The summed E-state index contributed by atoms with van der Waals surface area (Å²) in [6, 6.07) is 5.38. The van der Waals surface area contributed by atoms with E-state index in [1.54, 1.807) is 6.92 Å². The molecule has 1 rings (SSSR count). The van der Waals surface area contributed by atoms with Gasteiger partial charge in [-0.15, -0.1) is 0 Å². The molecule has 1 amide bonds. The van der Waals surface area contributed by atoms with Crippen molar-refractivity contribution in [3.63, 3.8) is 0 Å². The third-order valence-electron chi connectivity index (χ3n) is 1.85. The monoisotopic (exact) mass is 235 g/mol. The first-order valence-electron chi connectivity index (χ1n) is 4.70. The molecule has 1 N–H and O–H groups in total. The summed E-state index contributed by atoms with van der Waals surface area (Å²) in [5.74, 6) is 0. The highest BCUT2D eigenvalue weighted by Gasteiger charge is 2.13. The van der Waals surface area contributed by atoms with Crippen molar-refractivity contribution >= 4 is 17.5 Å². The quantitative estimate of drug-likeness (QED) is 0.637. The average molecular weight is 235 g/mol. The zero-order chi connectivity index (χ0) is 12.8. The van der Waals surface area contributed by atoms with E-state index in [-0.39, 0.29) is 23.5 Å². The number of anilines is 1. The minimum atomic E-state index is -0.760. The minimum absolute atomic E-state index is 0.0557. The van der Waals surface area contributed by atoms with E-state index in [1.165, 1.54) is 12.1 Å². The number of carbonyl (C=O) groups excluding carboxylic acids is 1. The third kappa shape index (κ3) is 3.17. The number of amides is 1. The normalized spacial score (nSPS) is 9.18. The van der Waals surface area contributed by atoms with Crippen molar-refractivity contribution < 1.29 is 14.5 Å². The van der Waals surface area contributed by atoms with Crippen molar-refractivity contribution in [3.05, 3.63) is 33.9 Å². The van der Waals surface area contributed by atoms with E-state index < -0.39 is 11.0 Å². The molecule has 0 heterocycles. The molecule has 0 saturated carbocycles. The highest BCUT2D eigenvalue weighted by atomic mass is 16.6. The summed E-state index contributed by atoms with van der Waals surface area (Å²) in [6.07, 6.45) is -0.760. The SMILES string of the molecule is CCOC(=O)Nc1cc([N+](=O)[O-])ccc1C#N. The summed E-state index contributed by atoms with van der Waals surface area (Å²) in [7, 11) is 0. The van der Waals surface area contributed by atoms with Crippen molar-refractivity contribution in [1.29, 1.82) is 5.26 Å². The van der Waals surface area contributed by atoms with Crippen LogP contribution in [0, 0.1) is 21.4 Å². The van der Waals surface area contributed by atoms with E-state index in [0.717, 1.165) is 6.07 Å². The first kappa shape index (κ1) is 12.4. The topological polar surface area (TPSA) is 105 Å². The van der Waals surface area contributed by atoms with Crippen LogP contribution in [0.15, 0.2) is 18.2 Å². The van der Waals surface area contributed by atoms with Gasteiger partial charge in [0.15, 0.2) is 0 Å². The molecule has 0 aromatic heterocycles. The molecule has 88 valence electrons. The number of hydrogen-bond acceptors (Lipinski definition) is 5. The van der Waals surface area contributed by atoms with Gasteiger partial charge in [0, 0.05) is 12.1 Å². The predicted molar refractivity (Wildman–Crippen MR) is 58.5 cm³/mol. The van der Waals surface area contributed by atoms with Crippen LogP contribution < -0.4 is 5.32 Å². The number of non-ortho nitro benzene ring substituents is 1. The number of nitro groups is 1. The van der Waals surface area contributed by atoms with Crippen LogP contribution in [0.2, 0.25) is 0 Å². The number of hydrogen-bond donors (Lipinski definition) is 1. The molecule has 0 unspecified atom stereocenters. The highest BCUT2D eigenvalue weighted by Crippen LogP contribution is 2.22. The standard InChI is InChI=1S/C10H9N3O4/c1-2-17-10(14)12-9-5-8(13(15)16)4-3-7(9)6-11/h3-5H,2H2,1H3,(H,12,14). The number of carbonyl (C=O) groups is 1. The number of nitriles is 1. The van der Waals surface area contributed by atoms with Gasteiger partial charge in [-0.1, -0.05) is 0 Å². The van der Waals surface area contributed by atoms with Crippen LogP contribution in [-0.4, -0.2) is 17.6 Å². The number of nitrogens with one attached hydrogen (secondary N) is 1. The van der Waals surface area contributed by atoms with Gasteiger partial charge in [-0.3, -0.25) is 15.4 Å². The maximum atomic E-state index is 11.1. The summed E-state index contributed by atoms with van der Waals surface area (Å²) in [5, 5.41) is 21.6. The van der Waals surface area contributed by atoms with Gasteiger partial charge >= 0.3 is 6.09 Å². The molecule has 17 heavy (non-hydrogen) atoms. The van der Waals surface area contributed by atoms with Crippen molar-refractivity contribution in [2.75, 3.05) is 11.9 Å². The van der Waals surface area contributed by atoms with Crippen LogP contribution in [0.1, 0.15) is 12.5 Å². The molecule has 7 heteroatoms. The van der Waals surface area contributed by atoms with Crippen LogP contribution >= 0.6 is 0 Å². The van der Waals surface area contributed by atoms with E-state index in [0.29, 0.717) is 0 Å². The van der Waals surface area contributed by atoms with Gasteiger partial charge in [-0.25, -0.2) is 4.79 Å². The Morgan fingerprint density at radius 2 is 2.35 bits per heavy atom. The third-order valence-corrected chi connectivity index (χ3v) is 1.85. The van der Waals surface area contributed by atoms with E-state index in [1.807, 2.05) is 6.07 Å². The fraction of sp³-hybridized carbons (Fsp3) is 0.200. The largest absolute Gasteiger partial charge is 0.450 e. The van der Waals surface area contributed by atoms with Crippen LogP contribution in [0.3, 0.4) is 0 Å². The summed E-state index contributed by atoms with van der Waals surface area (Å²) in [4.78, 5) is 21.1. The second kappa shape index (κ2) is 5.46. The molecule has 0 bridgehead atoms. The van der Waals surface area contributed by atoms with E-state index >= 15 is 0 Å². The van der Waals surface area contributed by atoms with Gasteiger partial charge in [0.05, 0.1) is 22.8 Å². The molecule has 0 radical (unpaired) electrons. The first-order chi connectivity index (χ1) is 8.08. The van der Waals surface area contributed by atoms with E-state index in [9.17, 15) is 14.9 Å². The summed E-state index contributed by atoms with van der Waals surface area (Å²) in [6.45, 7) is 1.79. The van der Waals surface area contributed by atoms with Gasteiger partial charge in [-0.2, -0.15) is 5.26 Å². The Kier molecular flexibility index (Phi) is 4.00. The lowest BCUT2D eigenvalue weighted by atomic mass is 10.2. The van der Waals surface area contributed by atoms with Gasteiger partial charge in [-0.05, 0) is 13.0 Å². The Morgan fingerprint density at radius 1 is 1.65 bits per heavy atom. The van der Waals surface area contributed by atoms with Crippen molar-refractivity contribution in [1.82, 2.24) is 0 Å². The summed E-state index contributed by atoms with van der Waals surface area (Å²) in [5.41, 5.74) is -0.0281. The molecule has 0 fully saturated rings. The van der Waals surface area contributed by atoms with Crippen LogP contribution in [-0.2, 0) is 4.74 Å². The maximum Gasteiger partial charge on any atom is 0.411 e. The molecule has 7 nitrogen and oxygen atoms in total. The Labute approximate surface area is 96.8 Å². The molecular weight excluding hydrogens is 226 g/mol. The Balaban J connectivity index is 3.03. The van der Waals surface area contributed by atoms with Gasteiger partial charge in [0.2, 0.25) is 0 Å². The fourth-order valence-corrected chi connectivity index (χ4v) is 1.12. The summed E-state index contributed by atoms with van der Waals surface area (Å²) >= 11 is 0. The van der Waals surface area contributed by atoms with Crippen molar-refractivity contribution in [3.8, 4) is 6.07 Å². The predicted octanol–water partition coefficient (Wildman–Crippen LogP) is 2.03. The Morgan fingerprint density at radius 3 is 2.88 bits per heavy atom. The molecule has 0 atom stereocenters. The van der Waals surface area contributed by atoms with Crippen LogP contribution in [0.5, 0.6) is 0 Å². The van der Waals surface area contributed by atoms with Gasteiger partial charge < -0.3 is 4.74 Å².